The van der Waals surface area contributed by atoms with Crippen molar-refractivity contribution in [3.05, 3.63) is 17.5 Å². The van der Waals surface area contributed by atoms with Gasteiger partial charge in [0, 0.05) is 6.20 Å². The number of aryl methyl sites for hydroxylation is 1. The van der Waals surface area contributed by atoms with E-state index in [-0.39, 0.29) is 12.2 Å². The van der Waals surface area contributed by atoms with E-state index in [1.54, 1.807) is 13.8 Å². The SMILES string of the molecule is CCOC(=O)[C@@H](CC)n1cc(C)c(C(F)(F)F)n1. The summed E-state index contributed by atoms with van der Waals surface area (Å²) in [6, 6.07) is -0.820. The minimum atomic E-state index is -4.51. The van der Waals surface area contributed by atoms with Gasteiger partial charge >= 0.3 is 12.1 Å². The van der Waals surface area contributed by atoms with Crippen LogP contribution in [0.5, 0.6) is 0 Å². The van der Waals surface area contributed by atoms with Gasteiger partial charge in [-0.25, -0.2) is 4.79 Å². The third-order valence-electron chi connectivity index (χ3n) is 2.45. The molecule has 102 valence electrons. The summed E-state index contributed by atoms with van der Waals surface area (Å²) in [6.07, 6.45) is -2.98. The Balaban J connectivity index is 3.05. The first-order chi connectivity index (χ1) is 8.31. The number of alkyl halides is 3. The van der Waals surface area contributed by atoms with Crippen molar-refractivity contribution in [3.8, 4) is 0 Å². The fourth-order valence-corrected chi connectivity index (χ4v) is 1.62. The molecule has 1 aromatic rings. The van der Waals surface area contributed by atoms with Crippen molar-refractivity contribution in [2.75, 3.05) is 6.61 Å². The quantitative estimate of drug-likeness (QED) is 0.785. The van der Waals surface area contributed by atoms with Crippen LogP contribution in [-0.4, -0.2) is 22.4 Å². The molecule has 0 aliphatic heterocycles. The van der Waals surface area contributed by atoms with Crippen molar-refractivity contribution in [2.45, 2.75) is 39.4 Å². The fraction of sp³-hybridized carbons (Fsp3) is 0.636. The molecule has 0 unspecified atom stereocenters. The van der Waals surface area contributed by atoms with Crippen molar-refractivity contribution in [3.63, 3.8) is 0 Å². The largest absolute Gasteiger partial charge is 0.464 e. The summed E-state index contributed by atoms with van der Waals surface area (Å²) in [4.78, 5) is 11.6. The highest BCUT2D eigenvalue weighted by molar-refractivity contribution is 5.74. The first-order valence-corrected chi connectivity index (χ1v) is 5.60. The molecule has 0 aromatic carbocycles. The zero-order chi connectivity index (χ0) is 13.9. The molecule has 0 spiro atoms. The van der Waals surface area contributed by atoms with Crippen LogP contribution >= 0.6 is 0 Å². The highest BCUT2D eigenvalue weighted by atomic mass is 19.4. The van der Waals surface area contributed by atoms with Crippen LogP contribution in [0, 0.1) is 6.92 Å². The molecule has 0 amide bonds. The lowest BCUT2D eigenvalue weighted by Gasteiger charge is -2.13. The molecular formula is C11H15F3N2O2. The maximum Gasteiger partial charge on any atom is 0.435 e. The lowest BCUT2D eigenvalue weighted by atomic mass is 10.2. The summed E-state index contributed by atoms with van der Waals surface area (Å²) in [7, 11) is 0. The molecule has 0 fully saturated rings. The van der Waals surface area contributed by atoms with Crippen LogP contribution in [0.25, 0.3) is 0 Å². The summed E-state index contributed by atoms with van der Waals surface area (Å²) in [6.45, 7) is 4.82. The second-order valence-electron chi connectivity index (χ2n) is 3.81. The Morgan fingerprint density at radius 2 is 2.11 bits per heavy atom. The van der Waals surface area contributed by atoms with E-state index in [2.05, 4.69) is 5.10 Å². The Hall–Kier alpha value is -1.53. The van der Waals surface area contributed by atoms with Crippen molar-refractivity contribution < 1.29 is 22.7 Å². The molecular weight excluding hydrogens is 249 g/mol. The second kappa shape index (κ2) is 5.41. The van der Waals surface area contributed by atoms with Crippen molar-refractivity contribution in [1.82, 2.24) is 9.78 Å². The summed E-state index contributed by atoms with van der Waals surface area (Å²) in [5.74, 6) is -0.573. The minimum Gasteiger partial charge on any atom is -0.464 e. The average molecular weight is 264 g/mol. The van der Waals surface area contributed by atoms with Gasteiger partial charge in [0.15, 0.2) is 5.69 Å². The number of ether oxygens (including phenoxy) is 1. The van der Waals surface area contributed by atoms with Crippen LogP contribution in [0.3, 0.4) is 0 Å². The van der Waals surface area contributed by atoms with Gasteiger partial charge in [-0.15, -0.1) is 0 Å². The predicted octanol–water partition coefficient (Wildman–Crippen LogP) is 2.72. The second-order valence-corrected chi connectivity index (χ2v) is 3.81. The highest BCUT2D eigenvalue weighted by Gasteiger charge is 2.37. The Morgan fingerprint density at radius 3 is 2.50 bits per heavy atom. The summed E-state index contributed by atoms with van der Waals surface area (Å²) in [5, 5.41) is 3.45. The molecule has 1 atom stereocenters. The van der Waals surface area contributed by atoms with Gasteiger partial charge in [0.25, 0.3) is 0 Å². The summed E-state index contributed by atoms with van der Waals surface area (Å²) >= 11 is 0. The number of rotatable bonds is 4. The van der Waals surface area contributed by atoms with Crippen molar-refractivity contribution >= 4 is 5.97 Å². The standard InChI is InChI=1S/C11H15F3N2O2/c1-4-8(10(17)18-5-2)16-6-7(3)9(15-16)11(12,13)14/h6,8H,4-5H2,1-3H3/t8-/m1/s1. The number of nitrogens with zero attached hydrogens (tertiary/aromatic N) is 2. The van der Waals surface area contributed by atoms with E-state index < -0.39 is 23.9 Å². The van der Waals surface area contributed by atoms with Gasteiger partial charge in [0.05, 0.1) is 6.61 Å². The Morgan fingerprint density at radius 1 is 1.50 bits per heavy atom. The molecule has 0 bridgehead atoms. The zero-order valence-corrected chi connectivity index (χ0v) is 10.4. The van der Waals surface area contributed by atoms with Crippen LogP contribution < -0.4 is 0 Å². The fourth-order valence-electron chi connectivity index (χ4n) is 1.62. The predicted molar refractivity (Wildman–Crippen MR) is 57.9 cm³/mol. The van der Waals surface area contributed by atoms with E-state index in [4.69, 9.17) is 4.74 Å². The molecule has 1 heterocycles. The van der Waals surface area contributed by atoms with E-state index in [1.807, 2.05) is 0 Å². The molecule has 1 aromatic heterocycles. The summed E-state index contributed by atoms with van der Waals surface area (Å²) < 4.78 is 43.6. The Bertz CT molecular complexity index is 426. The molecule has 0 N–H and O–H groups in total. The topological polar surface area (TPSA) is 44.1 Å². The maximum atomic E-state index is 12.6. The van der Waals surface area contributed by atoms with E-state index in [1.165, 1.54) is 13.1 Å². The molecule has 4 nitrogen and oxygen atoms in total. The average Bonchev–Trinajstić information content (AvgIpc) is 2.61. The lowest BCUT2D eigenvalue weighted by Crippen LogP contribution is -2.22. The molecule has 0 saturated carbocycles. The van der Waals surface area contributed by atoms with Crippen molar-refractivity contribution in [2.24, 2.45) is 0 Å². The number of hydrogen-bond donors (Lipinski definition) is 0. The molecule has 0 saturated heterocycles. The third kappa shape index (κ3) is 3.02. The van der Waals surface area contributed by atoms with Gasteiger partial charge in [-0.2, -0.15) is 18.3 Å². The molecule has 18 heavy (non-hydrogen) atoms. The third-order valence-corrected chi connectivity index (χ3v) is 2.45. The number of carbonyl (C=O) groups is 1. The van der Waals surface area contributed by atoms with Crippen LogP contribution in [0.4, 0.5) is 13.2 Å². The monoisotopic (exact) mass is 264 g/mol. The highest BCUT2D eigenvalue weighted by Crippen LogP contribution is 2.31. The first-order valence-electron chi connectivity index (χ1n) is 5.60. The van der Waals surface area contributed by atoms with Gasteiger partial charge in [0.1, 0.15) is 6.04 Å². The van der Waals surface area contributed by atoms with Crippen LogP contribution in [-0.2, 0) is 15.7 Å². The van der Waals surface area contributed by atoms with Gasteiger partial charge in [-0.1, -0.05) is 6.92 Å². The number of carbonyl (C=O) groups excluding carboxylic acids is 1. The molecule has 0 aliphatic rings. The van der Waals surface area contributed by atoms with Gasteiger partial charge in [0.2, 0.25) is 0 Å². The number of esters is 1. The van der Waals surface area contributed by atoms with Gasteiger partial charge in [-0.05, 0) is 25.8 Å². The smallest absolute Gasteiger partial charge is 0.435 e. The van der Waals surface area contributed by atoms with Crippen LogP contribution in [0.15, 0.2) is 6.20 Å². The number of aromatic nitrogens is 2. The molecule has 1 rings (SSSR count). The normalized spacial score (nSPS) is 13.4. The summed E-state index contributed by atoms with van der Waals surface area (Å²) in [5.41, 5.74) is -0.976. The van der Waals surface area contributed by atoms with E-state index in [9.17, 15) is 18.0 Å². The molecule has 0 radical (unpaired) electrons. The molecule has 0 aliphatic carbocycles. The zero-order valence-electron chi connectivity index (χ0n) is 10.4. The number of hydrogen-bond acceptors (Lipinski definition) is 3. The van der Waals surface area contributed by atoms with E-state index in [0.29, 0.717) is 6.42 Å². The molecule has 7 heteroatoms. The van der Waals surface area contributed by atoms with Crippen LogP contribution in [0.1, 0.15) is 37.6 Å². The van der Waals surface area contributed by atoms with Gasteiger partial charge < -0.3 is 4.74 Å². The number of halogens is 3. The van der Waals surface area contributed by atoms with Crippen molar-refractivity contribution in [1.29, 1.82) is 0 Å². The lowest BCUT2D eigenvalue weighted by molar-refractivity contribution is -0.149. The first kappa shape index (κ1) is 14.5. The van der Waals surface area contributed by atoms with E-state index in [0.717, 1.165) is 4.68 Å². The van der Waals surface area contributed by atoms with Crippen LogP contribution in [0.2, 0.25) is 0 Å². The minimum absolute atomic E-state index is 0.00903. The Kier molecular flexibility index (Phi) is 4.37. The van der Waals surface area contributed by atoms with Gasteiger partial charge in [-0.3, -0.25) is 4.68 Å². The Labute approximate surface area is 103 Å². The maximum absolute atomic E-state index is 12.6. The van der Waals surface area contributed by atoms with E-state index >= 15 is 0 Å².